The second-order valence-corrected chi connectivity index (χ2v) is 10.4. The number of amides is 4. The monoisotopic (exact) mass is 494 g/mol. The summed E-state index contributed by atoms with van der Waals surface area (Å²) in [6, 6.07) is 1.36. The molecular formula is C25H33F3N4O3. The number of carbonyl (C=O) groups excluding carboxylic acids is 3. The number of halogens is 3. The molecule has 0 spiro atoms. The van der Waals surface area contributed by atoms with Gasteiger partial charge in [0.2, 0.25) is 11.8 Å². The molecule has 0 radical (unpaired) electrons. The highest BCUT2D eigenvalue weighted by molar-refractivity contribution is 5.94. The third-order valence-corrected chi connectivity index (χ3v) is 7.53. The van der Waals surface area contributed by atoms with Gasteiger partial charge in [-0.15, -0.1) is 0 Å². The number of nitrogens with one attached hydrogen (secondary N) is 3. The van der Waals surface area contributed by atoms with Crippen LogP contribution in [0.4, 0.5) is 23.7 Å². The number of nitrogens with zero attached hydrogens (tertiary/aromatic N) is 1. The van der Waals surface area contributed by atoms with Gasteiger partial charge in [0.05, 0.1) is 12.2 Å². The van der Waals surface area contributed by atoms with Crippen LogP contribution in [0.5, 0.6) is 0 Å². The molecule has 4 aliphatic carbocycles. The van der Waals surface area contributed by atoms with Crippen molar-refractivity contribution in [2.75, 3.05) is 25.0 Å². The zero-order valence-electron chi connectivity index (χ0n) is 20.0. The van der Waals surface area contributed by atoms with E-state index in [9.17, 15) is 27.6 Å². The Morgan fingerprint density at radius 3 is 2.23 bits per heavy atom. The average Bonchev–Trinajstić information content (AvgIpc) is 2.78. The summed E-state index contributed by atoms with van der Waals surface area (Å²) >= 11 is 0. The lowest BCUT2D eigenvalue weighted by atomic mass is 9.53. The van der Waals surface area contributed by atoms with Gasteiger partial charge in [-0.3, -0.25) is 9.59 Å². The van der Waals surface area contributed by atoms with Crippen LogP contribution in [0, 0.1) is 35.2 Å². The summed E-state index contributed by atoms with van der Waals surface area (Å²) < 4.78 is 40.3. The van der Waals surface area contributed by atoms with E-state index in [1.54, 1.807) is 0 Å². The molecule has 0 heterocycles. The molecule has 1 aromatic carbocycles. The van der Waals surface area contributed by atoms with Crippen LogP contribution in [0.2, 0.25) is 0 Å². The van der Waals surface area contributed by atoms with Crippen LogP contribution in [0.25, 0.3) is 0 Å². The molecule has 4 aliphatic rings. The van der Waals surface area contributed by atoms with Crippen molar-refractivity contribution in [3.63, 3.8) is 0 Å². The number of hydrogen-bond donors (Lipinski definition) is 3. The summed E-state index contributed by atoms with van der Waals surface area (Å²) in [6.45, 7) is 1.87. The van der Waals surface area contributed by atoms with Crippen LogP contribution in [-0.2, 0) is 9.59 Å². The van der Waals surface area contributed by atoms with Crippen LogP contribution in [0.15, 0.2) is 12.1 Å². The Balaban J connectivity index is 1.24. The maximum Gasteiger partial charge on any atom is 0.315 e. The van der Waals surface area contributed by atoms with Gasteiger partial charge >= 0.3 is 6.03 Å². The Hall–Kier alpha value is -2.78. The van der Waals surface area contributed by atoms with Crippen molar-refractivity contribution >= 4 is 23.5 Å². The molecule has 0 aliphatic heterocycles. The fourth-order valence-electron chi connectivity index (χ4n) is 6.54. The van der Waals surface area contributed by atoms with E-state index >= 15 is 0 Å². The predicted molar refractivity (Wildman–Crippen MR) is 124 cm³/mol. The van der Waals surface area contributed by atoms with Gasteiger partial charge in [0.25, 0.3) is 0 Å². The van der Waals surface area contributed by atoms with E-state index in [1.807, 2.05) is 6.92 Å². The summed E-state index contributed by atoms with van der Waals surface area (Å²) in [7, 11) is 0. The van der Waals surface area contributed by atoms with E-state index in [0.29, 0.717) is 30.2 Å². The number of urea groups is 1. The molecule has 4 amide bonds. The quantitative estimate of drug-likeness (QED) is 0.454. The van der Waals surface area contributed by atoms with Gasteiger partial charge in [-0.1, -0.05) is 6.92 Å². The van der Waals surface area contributed by atoms with Gasteiger partial charge in [0.15, 0.2) is 17.5 Å². The molecule has 0 unspecified atom stereocenters. The minimum atomic E-state index is -1.68. The van der Waals surface area contributed by atoms with Gasteiger partial charge in [0.1, 0.15) is 0 Å². The van der Waals surface area contributed by atoms with Crippen molar-refractivity contribution in [2.24, 2.45) is 17.8 Å². The third-order valence-electron chi connectivity index (χ3n) is 7.53. The van der Waals surface area contributed by atoms with Gasteiger partial charge < -0.3 is 20.9 Å². The molecular weight excluding hydrogens is 461 g/mol. The number of carbonyl (C=O) groups is 3. The standard InChI is InChI=1S/C25H33F3N4O3/c1-2-7-32(14-20(33)30-19-4-3-18(26)22(27)23(19)28)21(34)5-6-29-24(35)31-25-11-15-8-16(12-25)10-17(9-15)13-25/h3-4,15-17H,2,5-14H2,1H3,(H,30,33)(H2,29,31,35). The lowest BCUT2D eigenvalue weighted by Gasteiger charge is -2.56. The summed E-state index contributed by atoms with van der Waals surface area (Å²) in [5, 5.41) is 8.14. The van der Waals surface area contributed by atoms with Gasteiger partial charge in [-0.05, 0) is 74.8 Å². The van der Waals surface area contributed by atoms with E-state index in [-0.39, 0.29) is 43.5 Å². The van der Waals surface area contributed by atoms with Crippen LogP contribution in [0.3, 0.4) is 0 Å². The number of hydrogen-bond acceptors (Lipinski definition) is 3. The highest BCUT2D eigenvalue weighted by Gasteiger charge is 2.51. The first-order chi connectivity index (χ1) is 16.7. The molecule has 0 saturated heterocycles. The minimum Gasteiger partial charge on any atom is -0.338 e. The smallest absolute Gasteiger partial charge is 0.315 e. The van der Waals surface area contributed by atoms with E-state index in [2.05, 4.69) is 16.0 Å². The van der Waals surface area contributed by atoms with Crippen molar-refractivity contribution in [1.29, 1.82) is 0 Å². The Kier molecular flexibility index (Phi) is 7.56. The van der Waals surface area contributed by atoms with Gasteiger partial charge in [-0.25, -0.2) is 18.0 Å². The predicted octanol–water partition coefficient (Wildman–Crippen LogP) is 3.94. The van der Waals surface area contributed by atoms with Crippen LogP contribution in [-0.4, -0.2) is 47.9 Å². The van der Waals surface area contributed by atoms with Crippen molar-refractivity contribution < 1.29 is 27.6 Å². The summed E-state index contributed by atoms with van der Waals surface area (Å²) in [6.07, 6.45) is 7.51. The minimum absolute atomic E-state index is 0.00110. The number of rotatable bonds is 9. The van der Waals surface area contributed by atoms with E-state index in [0.717, 1.165) is 25.3 Å². The average molecular weight is 495 g/mol. The van der Waals surface area contributed by atoms with Crippen molar-refractivity contribution in [3.05, 3.63) is 29.6 Å². The first kappa shape index (κ1) is 25.3. The molecule has 4 saturated carbocycles. The SMILES string of the molecule is CCCN(CC(=O)Nc1ccc(F)c(F)c1F)C(=O)CCNC(=O)NC12CC3CC(CC(C3)C1)C2. The first-order valence-corrected chi connectivity index (χ1v) is 12.4. The Labute approximate surface area is 203 Å². The normalized spacial score (nSPS) is 26.3. The zero-order valence-corrected chi connectivity index (χ0v) is 20.0. The second kappa shape index (κ2) is 10.5. The Morgan fingerprint density at radius 2 is 1.63 bits per heavy atom. The topological polar surface area (TPSA) is 90.5 Å². The Bertz CT molecular complexity index is 952. The number of benzene rings is 1. The summed E-state index contributed by atoms with van der Waals surface area (Å²) in [5.41, 5.74) is -0.620. The molecule has 1 aromatic rings. The zero-order chi connectivity index (χ0) is 25.2. The molecule has 35 heavy (non-hydrogen) atoms. The summed E-state index contributed by atoms with van der Waals surface area (Å²) in [4.78, 5) is 38.8. The maximum absolute atomic E-state index is 13.8. The maximum atomic E-state index is 13.8. The van der Waals surface area contributed by atoms with Crippen LogP contribution >= 0.6 is 0 Å². The Morgan fingerprint density at radius 1 is 1.00 bits per heavy atom. The van der Waals surface area contributed by atoms with Crippen molar-refractivity contribution in [3.8, 4) is 0 Å². The van der Waals surface area contributed by atoms with E-state index in [1.165, 1.54) is 24.2 Å². The third kappa shape index (κ3) is 5.90. The lowest BCUT2D eigenvalue weighted by Crippen LogP contribution is -2.61. The van der Waals surface area contributed by atoms with E-state index < -0.39 is 29.0 Å². The molecule has 4 bridgehead atoms. The highest BCUT2D eigenvalue weighted by atomic mass is 19.2. The summed E-state index contributed by atoms with van der Waals surface area (Å²) in [5.74, 6) is -3.50. The fourth-order valence-corrected chi connectivity index (χ4v) is 6.54. The molecule has 7 nitrogen and oxygen atoms in total. The second-order valence-electron chi connectivity index (χ2n) is 10.4. The van der Waals surface area contributed by atoms with Crippen molar-refractivity contribution in [2.45, 2.75) is 63.8 Å². The largest absolute Gasteiger partial charge is 0.338 e. The molecule has 0 atom stereocenters. The van der Waals surface area contributed by atoms with Crippen LogP contribution < -0.4 is 16.0 Å². The molecule has 0 aromatic heterocycles. The van der Waals surface area contributed by atoms with Gasteiger partial charge in [0, 0.05) is 25.0 Å². The number of anilines is 1. The van der Waals surface area contributed by atoms with Crippen molar-refractivity contribution in [1.82, 2.24) is 15.5 Å². The molecule has 192 valence electrons. The van der Waals surface area contributed by atoms with Crippen LogP contribution in [0.1, 0.15) is 58.3 Å². The van der Waals surface area contributed by atoms with E-state index in [4.69, 9.17) is 0 Å². The molecule has 5 rings (SSSR count). The molecule has 4 fully saturated rings. The lowest BCUT2D eigenvalue weighted by molar-refractivity contribution is -0.134. The molecule has 10 heteroatoms. The first-order valence-electron chi connectivity index (χ1n) is 12.4. The van der Waals surface area contributed by atoms with Gasteiger partial charge in [-0.2, -0.15) is 0 Å². The molecule has 3 N–H and O–H groups in total. The highest BCUT2D eigenvalue weighted by Crippen LogP contribution is 2.55. The fraction of sp³-hybridized carbons (Fsp3) is 0.640.